The van der Waals surface area contributed by atoms with E-state index in [-0.39, 0.29) is 0 Å². The van der Waals surface area contributed by atoms with Gasteiger partial charge >= 0.3 is 0 Å². The second kappa shape index (κ2) is 2.50. The summed E-state index contributed by atoms with van der Waals surface area (Å²) in [7, 11) is 0. The van der Waals surface area contributed by atoms with E-state index in [1.54, 1.807) is 12.3 Å². The van der Waals surface area contributed by atoms with Crippen LogP contribution in [0.3, 0.4) is 0 Å². The molecule has 0 amide bonds. The van der Waals surface area contributed by atoms with Crippen molar-refractivity contribution in [2.24, 2.45) is 5.73 Å². The highest BCUT2D eigenvalue weighted by Gasteiger charge is 1.91. The third-order valence-electron chi connectivity index (χ3n) is 0.834. The van der Waals surface area contributed by atoms with Crippen LogP contribution in [0.5, 0.6) is 0 Å². The quantitative estimate of drug-likeness (QED) is 0.561. The molecule has 0 spiro atoms. The lowest BCUT2D eigenvalue weighted by atomic mass is 10.4. The molecule has 2 N–H and O–H groups in total. The van der Waals surface area contributed by atoms with E-state index in [4.69, 9.17) is 5.73 Å². The van der Waals surface area contributed by atoms with E-state index in [0.717, 1.165) is 0 Å². The van der Waals surface area contributed by atoms with Crippen LogP contribution in [0.4, 0.5) is 0 Å². The van der Waals surface area contributed by atoms with E-state index in [0.29, 0.717) is 10.7 Å². The fourth-order valence-electron chi connectivity index (χ4n) is 0.436. The molecule has 46 valence electrons. The summed E-state index contributed by atoms with van der Waals surface area (Å²) >= 11 is 4.65. The van der Waals surface area contributed by atoms with E-state index in [2.05, 4.69) is 22.2 Å². The van der Waals surface area contributed by atoms with Crippen LogP contribution in [-0.4, -0.2) is 15.0 Å². The molecule has 4 heteroatoms. The maximum absolute atomic E-state index is 5.25. The van der Waals surface area contributed by atoms with Crippen molar-refractivity contribution in [2.45, 2.75) is 0 Å². The molecule has 3 nitrogen and oxygen atoms in total. The highest BCUT2D eigenvalue weighted by molar-refractivity contribution is 7.80. The molecule has 0 saturated carbocycles. The number of nitrogens with zero attached hydrogens (tertiary/aromatic N) is 2. The van der Waals surface area contributed by atoms with Crippen LogP contribution in [0, 0.1) is 0 Å². The minimum atomic E-state index is 0.303. The van der Waals surface area contributed by atoms with Gasteiger partial charge in [0.05, 0.1) is 0 Å². The lowest BCUT2D eigenvalue weighted by Gasteiger charge is -1.91. The van der Waals surface area contributed by atoms with Crippen molar-refractivity contribution in [2.75, 3.05) is 0 Å². The molecule has 0 atom stereocenters. The van der Waals surface area contributed by atoms with E-state index in [1.165, 1.54) is 6.33 Å². The first-order chi connectivity index (χ1) is 4.30. The molecule has 1 aromatic rings. The summed E-state index contributed by atoms with van der Waals surface area (Å²) in [6.07, 6.45) is 3.01. The summed E-state index contributed by atoms with van der Waals surface area (Å²) in [5, 5.41) is 0. The van der Waals surface area contributed by atoms with E-state index in [1.807, 2.05) is 0 Å². The molecule has 0 fully saturated rings. The molecule has 1 rings (SSSR count). The van der Waals surface area contributed by atoms with Gasteiger partial charge in [0.25, 0.3) is 0 Å². The van der Waals surface area contributed by atoms with Gasteiger partial charge in [0.1, 0.15) is 17.0 Å². The predicted molar refractivity (Wildman–Crippen MR) is 37.9 cm³/mol. The molecule has 0 aromatic carbocycles. The Kier molecular flexibility index (Phi) is 1.69. The smallest absolute Gasteiger partial charge is 0.122 e. The van der Waals surface area contributed by atoms with Gasteiger partial charge in [-0.1, -0.05) is 12.2 Å². The van der Waals surface area contributed by atoms with Crippen molar-refractivity contribution in [1.82, 2.24) is 9.97 Å². The van der Waals surface area contributed by atoms with Crippen LogP contribution in [0.25, 0.3) is 0 Å². The molecular weight excluding hydrogens is 134 g/mol. The Balaban J connectivity index is 2.98. The molecule has 0 aliphatic rings. The molecule has 0 aliphatic carbocycles. The summed E-state index contributed by atoms with van der Waals surface area (Å²) in [5.41, 5.74) is 5.87. The number of hydrogen-bond acceptors (Lipinski definition) is 3. The van der Waals surface area contributed by atoms with Crippen LogP contribution < -0.4 is 5.73 Å². The van der Waals surface area contributed by atoms with Gasteiger partial charge in [0, 0.05) is 6.20 Å². The Morgan fingerprint density at radius 3 is 2.78 bits per heavy atom. The number of hydrogen-bond donors (Lipinski definition) is 1. The summed E-state index contributed by atoms with van der Waals surface area (Å²) in [6, 6.07) is 1.67. The van der Waals surface area contributed by atoms with Crippen molar-refractivity contribution >= 4 is 17.2 Å². The predicted octanol–water partition coefficient (Wildman–Crippen LogP) is 0.111. The Labute approximate surface area is 57.9 Å². The van der Waals surface area contributed by atoms with Gasteiger partial charge in [-0.05, 0) is 6.07 Å². The molecule has 1 heterocycles. The Hall–Kier alpha value is -1.03. The van der Waals surface area contributed by atoms with Gasteiger partial charge in [-0.15, -0.1) is 0 Å². The monoisotopic (exact) mass is 139 g/mol. The van der Waals surface area contributed by atoms with Gasteiger partial charge < -0.3 is 5.73 Å². The van der Waals surface area contributed by atoms with Crippen LogP contribution in [0.15, 0.2) is 18.6 Å². The minimum absolute atomic E-state index is 0.303. The lowest BCUT2D eigenvalue weighted by Crippen LogP contribution is -2.10. The molecule has 0 bridgehead atoms. The van der Waals surface area contributed by atoms with Crippen molar-refractivity contribution in [3.05, 3.63) is 24.3 Å². The first kappa shape index (κ1) is 6.10. The normalized spacial score (nSPS) is 8.89. The molecule has 0 radical (unpaired) electrons. The van der Waals surface area contributed by atoms with Crippen LogP contribution in [0.1, 0.15) is 5.69 Å². The average Bonchev–Trinajstić information content (AvgIpc) is 1.90. The summed E-state index contributed by atoms with van der Waals surface area (Å²) in [4.78, 5) is 7.81. The summed E-state index contributed by atoms with van der Waals surface area (Å²) < 4.78 is 0. The van der Waals surface area contributed by atoms with Crippen LogP contribution in [0.2, 0.25) is 0 Å². The molecule has 0 saturated heterocycles. The van der Waals surface area contributed by atoms with Gasteiger partial charge in [-0.25, -0.2) is 9.97 Å². The minimum Gasteiger partial charge on any atom is -0.388 e. The van der Waals surface area contributed by atoms with Crippen molar-refractivity contribution in [3.8, 4) is 0 Å². The second-order valence-corrected chi connectivity index (χ2v) is 1.90. The number of aromatic nitrogens is 2. The van der Waals surface area contributed by atoms with Crippen molar-refractivity contribution in [3.63, 3.8) is 0 Å². The zero-order valence-corrected chi connectivity index (χ0v) is 5.43. The number of rotatable bonds is 1. The average molecular weight is 139 g/mol. The standard InChI is InChI=1S/C5H5N3S/c6-5(9)4-1-2-7-3-8-4/h1-3H,(H2,6,9). The Morgan fingerprint density at radius 1 is 1.67 bits per heavy atom. The SMILES string of the molecule is NC(=S)c1ccncn1. The van der Waals surface area contributed by atoms with E-state index < -0.39 is 0 Å². The van der Waals surface area contributed by atoms with Crippen LogP contribution in [-0.2, 0) is 0 Å². The molecule has 9 heavy (non-hydrogen) atoms. The molecule has 0 aliphatic heterocycles. The fraction of sp³-hybridized carbons (Fsp3) is 0. The lowest BCUT2D eigenvalue weighted by molar-refractivity contribution is 1.15. The molecule has 0 unspecified atom stereocenters. The van der Waals surface area contributed by atoms with E-state index >= 15 is 0 Å². The van der Waals surface area contributed by atoms with Crippen molar-refractivity contribution in [1.29, 1.82) is 0 Å². The van der Waals surface area contributed by atoms with Crippen molar-refractivity contribution < 1.29 is 0 Å². The number of thiocarbonyl (C=S) groups is 1. The maximum Gasteiger partial charge on any atom is 0.122 e. The highest BCUT2D eigenvalue weighted by atomic mass is 32.1. The number of nitrogens with two attached hydrogens (primary N) is 1. The molecular formula is C5H5N3S. The third-order valence-corrected chi connectivity index (χ3v) is 1.04. The highest BCUT2D eigenvalue weighted by Crippen LogP contribution is 1.87. The first-order valence-corrected chi connectivity index (χ1v) is 2.77. The summed E-state index contributed by atoms with van der Waals surface area (Å²) in [5.74, 6) is 0. The van der Waals surface area contributed by atoms with Gasteiger partial charge in [-0.3, -0.25) is 0 Å². The maximum atomic E-state index is 5.25. The summed E-state index contributed by atoms with van der Waals surface area (Å²) in [6.45, 7) is 0. The van der Waals surface area contributed by atoms with Gasteiger partial charge in [-0.2, -0.15) is 0 Å². The Bertz CT molecular complexity index is 209. The fourth-order valence-corrected chi connectivity index (χ4v) is 0.557. The van der Waals surface area contributed by atoms with E-state index in [9.17, 15) is 0 Å². The first-order valence-electron chi connectivity index (χ1n) is 2.36. The Morgan fingerprint density at radius 2 is 2.44 bits per heavy atom. The second-order valence-electron chi connectivity index (χ2n) is 1.46. The molecule has 1 aromatic heterocycles. The topological polar surface area (TPSA) is 51.8 Å². The zero-order chi connectivity index (χ0) is 6.69. The largest absolute Gasteiger partial charge is 0.388 e. The van der Waals surface area contributed by atoms with Gasteiger partial charge in [0.2, 0.25) is 0 Å². The van der Waals surface area contributed by atoms with Gasteiger partial charge in [0.15, 0.2) is 0 Å². The third kappa shape index (κ3) is 1.43. The zero-order valence-electron chi connectivity index (χ0n) is 4.61. The van der Waals surface area contributed by atoms with Crippen LogP contribution >= 0.6 is 12.2 Å².